The molecule has 0 saturated carbocycles. The largest absolute Gasteiger partial charge is 0.383 e. The van der Waals surface area contributed by atoms with E-state index in [0.717, 1.165) is 34.0 Å². The molecule has 0 bridgehead atoms. The quantitative estimate of drug-likeness (QED) is 0.379. The molecular weight excluding hydrogens is 429 g/mol. The van der Waals surface area contributed by atoms with Crippen LogP contribution in [0.15, 0.2) is 73.2 Å². The van der Waals surface area contributed by atoms with E-state index in [4.69, 9.17) is 10.7 Å². The van der Waals surface area contributed by atoms with E-state index in [1.807, 2.05) is 56.4 Å². The second-order valence-corrected chi connectivity index (χ2v) is 8.07. The van der Waals surface area contributed by atoms with Crippen LogP contribution in [0.5, 0.6) is 0 Å². The molecular formula is C26H24FN7. The molecule has 0 fully saturated rings. The van der Waals surface area contributed by atoms with Gasteiger partial charge in [-0.1, -0.05) is 19.1 Å². The number of rotatable bonds is 6. The van der Waals surface area contributed by atoms with E-state index in [1.54, 1.807) is 29.3 Å². The average molecular weight is 454 g/mol. The lowest BCUT2D eigenvalue weighted by Gasteiger charge is -2.21. The van der Waals surface area contributed by atoms with E-state index in [9.17, 15) is 0 Å². The highest BCUT2D eigenvalue weighted by atomic mass is 19.1. The zero-order valence-electron chi connectivity index (χ0n) is 18.9. The van der Waals surface area contributed by atoms with Gasteiger partial charge in [-0.3, -0.25) is 9.67 Å². The number of hydrogen-bond donors (Lipinski definition) is 2. The average Bonchev–Trinajstić information content (AvgIpc) is 3.25. The highest BCUT2D eigenvalue weighted by Gasteiger charge is 2.25. The monoisotopic (exact) mass is 453 g/mol. The molecule has 5 rings (SSSR count). The lowest BCUT2D eigenvalue weighted by Crippen LogP contribution is -2.19. The first kappa shape index (κ1) is 21.5. The number of aryl methyl sites for hydroxylation is 2. The zero-order chi connectivity index (χ0) is 23.7. The molecule has 3 aromatic heterocycles. The summed E-state index contributed by atoms with van der Waals surface area (Å²) in [5.41, 5.74) is 9.20. The lowest BCUT2D eigenvalue weighted by atomic mass is 10.0. The number of fused-ring (bicyclic) bond motifs is 1. The number of pyridine rings is 2. The number of benzene rings is 2. The summed E-state index contributed by atoms with van der Waals surface area (Å²) in [6, 6.07) is 16.0. The number of nitrogens with one attached hydrogen (secondary N) is 1. The van der Waals surface area contributed by atoms with Crippen LogP contribution in [0.25, 0.3) is 22.2 Å². The van der Waals surface area contributed by atoms with Crippen LogP contribution in [-0.2, 0) is 13.5 Å². The van der Waals surface area contributed by atoms with Crippen LogP contribution in [-0.4, -0.2) is 24.7 Å². The van der Waals surface area contributed by atoms with Crippen LogP contribution < -0.4 is 11.1 Å². The Morgan fingerprint density at radius 2 is 1.85 bits per heavy atom. The summed E-state index contributed by atoms with van der Waals surface area (Å²) in [4.78, 5) is 13.0. The van der Waals surface area contributed by atoms with Crippen LogP contribution in [0.2, 0.25) is 0 Å². The number of hydrogen-bond acceptors (Lipinski definition) is 6. The van der Waals surface area contributed by atoms with Crippen LogP contribution in [0, 0.1) is 5.82 Å². The third-order valence-electron chi connectivity index (χ3n) is 5.88. The summed E-state index contributed by atoms with van der Waals surface area (Å²) in [5.74, 6) is 1.30. The molecule has 2 aromatic carbocycles. The lowest BCUT2D eigenvalue weighted by molar-refractivity contribution is 0.590. The molecule has 1 atom stereocenters. The Balaban J connectivity index is 1.62. The summed E-state index contributed by atoms with van der Waals surface area (Å²) in [6.45, 7) is 2.05. The molecule has 0 spiro atoms. The fourth-order valence-corrected chi connectivity index (χ4v) is 4.04. The van der Waals surface area contributed by atoms with Crippen molar-refractivity contribution in [3.63, 3.8) is 0 Å². The molecule has 5 aromatic rings. The maximum Gasteiger partial charge on any atom is 0.181 e. The number of nitrogens with zero attached hydrogens (tertiary/aromatic N) is 5. The standard InChI is InChI=1S/C26H24FN7/c1-3-16-4-7-22(27)21(14-16)23(26-32-25(33-34(26)2)17-8-11-29-12-9-17)31-19-5-6-20-18(15-19)10-13-30-24(20)28/h4-15,23,31H,3H2,1-2H3,(H2,28,30). The van der Waals surface area contributed by atoms with Crippen molar-refractivity contribution in [1.82, 2.24) is 24.7 Å². The van der Waals surface area contributed by atoms with Gasteiger partial charge in [0.05, 0.1) is 0 Å². The van der Waals surface area contributed by atoms with Crippen molar-refractivity contribution < 1.29 is 4.39 Å². The molecule has 0 aliphatic rings. The van der Waals surface area contributed by atoms with Crippen molar-refractivity contribution in [3.8, 4) is 11.4 Å². The van der Waals surface area contributed by atoms with E-state index in [2.05, 4.69) is 20.4 Å². The van der Waals surface area contributed by atoms with E-state index >= 15 is 4.39 Å². The first-order chi connectivity index (χ1) is 16.5. The SMILES string of the molecule is CCc1ccc(F)c(C(Nc2ccc3c(N)nccc3c2)c2nc(-c3ccncc3)nn2C)c1. The second-order valence-electron chi connectivity index (χ2n) is 8.07. The van der Waals surface area contributed by atoms with Crippen molar-refractivity contribution in [1.29, 1.82) is 0 Å². The molecule has 7 nitrogen and oxygen atoms in total. The number of aromatic nitrogens is 5. The van der Waals surface area contributed by atoms with Crippen LogP contribution in [0.1, 0.15) is 29.9 Å². The third-order valence-corrected chi connectivity index (χ3v) is 5.88. The van der Waals surface area contributed by atoms with Gasteiger partial charge in [-0.15, -0.1) is 0 Å². The van der Waals surface area contributed by atoms with Gasteiger partial charge >= 0.3 is 0 Å². The van der Waals surface area contributed by atoms with Gasteiger partial charge in [-0.2, -0.15) is 5.10 Å². The van der Waals surface area contributed by atoms with Gasteiger partial charge in [-0.25, -0.2) is 14.4 Å². The third kappa shape index (κ3) is 4.05. The van der Waals surface area contributed by atoms with Gasteiger partial charge in [0.1, 0.15) is 17.7 Å². The first-order valence-electron chi connectivity index (χ1n) is 11.0. The van der Waals surface area contributed by atoms with Gasteiger partial charge in [-0.05, 0) is 59.8 Å². The fraction of sp³-hybridized carbons (Fsp3) is 0.154. The maximum absolute atomic E-state index is 15.2. The van der Waals surface area contributed by atoms with Crippen molar-refractivity contribution in [3.05, 3.63) is 96.0 Å². The Labute approximate surface area is 196 Å². The molecule has 0 aliphatic carbocycles. The van der Waals surface area contributed by atoms with Crippen LogP contribution in [0.3, 0.4) is 0 Å². The van der Waals surface area contributed by atoms with Gasteiger partial charge in [0, 0.05) is 47.8 Å². The van der Waals surface area contributed by atoms with E-state index in [-0.39, 0.29) is 5.82 Å². The smallest absolute Gasteiger partial charge is 0.181 e. The van der Waals surface area contributed by atoms with Crippen molar-refractivity contribution in [2.45, 2.75) is 19.4 Å². The summed E-state index contributed by atoms with van der Waals surface area (Å²) in [5, 5.41) is 9.88. The minimum absolute atomic E-state index is 0.308. The Morgan fingerprint density at radius 3 is 2.65 bits per heavy atom. The first-order valence-corrected chi connectivity index (χ1v) is 11.0. The van der Waals surface area contributed by atoms with Crippen LogP contribution >= 0.6 is 0 Å². The molecule has 170 valence electrons. The molecule has 0 saturated heterocycles. The summed E-state index contributed by atoms with van der Waals surface area (Å²) >= 11 is 0. The molecule has 0 radical (unpaired) electrons. The minimum Gasteiger partial charge on any atom is -0.383 e. The number of halogens is 1. The second kappa shape index (κ2) is 8.90. The van der Waals surface area contributed by atoms with E-state index < -0.39 is 6.04 Å². The normalized spacial score (nSPS) is 12.1. The molecule has 3 N–H and O–H groups in total. The molecule has 34 heavy (non-hydrogen) atoms. The van der Waals surface area contributed by atoms with Crippen molar-refractivity contribution in [2.24, 2.45) is 7.05 Å². The molecule has 1 unspecified atom stereocenters. The van der Waals surface area contributed by atoms with Crippen molar-refractivity contribution in [2.75, 3.05) is 11.1 Å². The topological polar surface area (TPSA) is 94.5 Å². The Bertz CT molecular complexity index is 1460. The minimum atomic E-state index is -0.573. The van der Waals surface area contributed by atoms with E-state index in [1.165, 1.54) is 6.07 Å². The van der Waals surface area contributed by atoms with E-state index in [0.29, 0.717) is 23.0 Å². The Hall–Kier alpha value is -4.33. The van der Waals surface area contributed by atoms with Gasteiger partial charge in [0.15, 0.2) is 11.6 Å². The van der Waals surface area contributed by atoms with Gasteiger partial charge in [0.25, 0.3) is 0 Å². The number of anilines is 2. The summed E-state index contributed by atoms with van der Waals surface area (Å²) in [7, 11) is 1.82. The van der Waals surface area contributed by atoms with Crippen LogP contribution in [0.4, 0.5) is 15.9 Å². The predicted molar refractivity (Wildman–Crippen MR) is 132 cm³/mol. The van der Waals surface area contributed by atoms with Gasteiger partial charge < -0.3 is 11.1 Å². The highest BCUT2D eigenvalue weighted by molar-refractivity contribution is 5.92. The summed E-state index contributed by atoms with van der Waals surface area (Å²) in [6.07, 6.45) is 5.86. The molecule has 0 amide bonds. The Morgan fingerprint density at radius 1 is 1.03 bits per heavy atom. The predicted octanol–water partition coefficient (Wildman–Crippen LogP) is 4.91. The maximum atomic E-state index is 15.2. The van der Waals surface area contributed by atoms with Gasteiger partial charge in [0.2, 0.25) is 0 Å². The fourth-order valence-electron chi connectivity index (χ4n) is 4.04. The Kier molecular flexibility index (Phi) is 5.63. The number of nitrogen functional groups attached to an aromatic ring is 1. The highest BCUT2D eigenvalue weighted by Crippen LogP contribution is 2.31. The molecule has 3 heterocycles. The number of nitrogens with two attached hydrogens (primary N) is 1. The molecule has 0 aliphatic heterocycles. The zero-order valence-corrected chi connectivity index (χ0v) is 18.9. The molecule has 8 heteroatoms. The summed E-state index contributed by atoms with van der Waals surface area (Å²) < 4.78 is 16.9. The van der Waals surface area contributed by atoms with Crippen molar-refractivity contribution >= 4 is 22.3 Å².